The predicted molar refractivity (Wildman–Crippen MR) is 70.4 cm³/mol. The van der Waals surface area contributed by atoms with Crippen molar-refractivity contribution in [2.24, 2.45) is 12.8 Å². The zero-order valence-corrected chi connectivity index (χ0v) is 11.4. The van der Waals surface area contributed by atoms with Crippen LogP contribution < -0.4 is 5.73 Å². The molecule has 5 nitrogen and oxygen atoms in total. The lowest BCUT2D eigenvalue weighted by Crippen LogP contribution is -2.37. The Balaban J connectivity index is 2.25. The summed E-state index contributed by atoms with van der Waals surface area (Å²) >= 11 is 0. The van der Waals surface area contributed by atoms with Gasteiger partial charge in [-0.1, -0.05) is 0 Å². The first-order valence-electron chi connectivity index (χ1n) is 6.57. The molecular weight excluding hydrogens is 228 g/mol. The van der Waals surface area contributed by atoms with Crippen molar-refractivity contribution >= 4 is 5.91 Å². The number of hydrogen-bond donors (Lipinski definition) is 1. The second-order valence-corrected chi connectivity index (χ2v) is 5.04. The van der Waals surface area contributed by atoms with Crippen LogP contribution in [-0.2, 0) is 7.05 Å². The molecule has 0 aliphatic carbocycles. The largest absolute Gasteiger partial charge is 0.336 e. The highest BCUT2D eigenvalue weighted by molar-refractivity contribution is 5.96. The monoisotopic (exact) mass is 250 g/mol. The van der Waals surface area contributed by atoms with Gasteiger partial charge in [-0.3, -0.25) is 9.48 Å². The average molecular weight is 250 g/mol. The number of aromatic nitrogens is 2. The fourth-order valence-electron chi connectivity index (χ4n) is 2.82. The van der Waals surface area contributed by atoms with Crippen LogP contribution in [0.4, 0.5) is 0 Å². The summed E-state index contributed by atoms with van der Waals surface area (Å²) < 4.78 is 1.77. The van der Waals surface area contributed by atoms with Gasteiger partial charge in [0.2, 0.25) is 0 Å². The molecule has 18 heavy (non-hydrogen) atoms. The van der Waals surface area contributed by atoms with Crippen LogP contribution >= 0.6 is 0 Å². The van der Waals surface area contributed by atoms with E-state index >= 15 is 0 Å². The van der Waals surface area contributed by atoms with Gasteiger partial charge in [0, 0.05) is 25.3 Å². The summed E-state index contributed by atoms with van der Waals surface area (Å²) in [7, 11) is 1.88. The maximum absolute atomic E-state index is 12.6. The van der Waals surface area contributed by atoms with Crippen LogP contribution in [0.3, 0.4) is 0 Å². The van der Waals surface area contributed by atoms with Gasteiger partial charge < -0.3 is 10.6 Å². The number of aryl methyl sites for hydroxylation is 2. The molecule has 0 radical (unpaired) electrons. The molecule has 0 spiro atoms. The second kappa shape index (κ2) is 5.10. The molecular formula is C13H22N4O. The third-order valence-corrected chi connectivity index (χ3v) is 3.86. The zero-order valence-electron chi connectivity index (χ0n) is 11.4. The number of nitrogens with zero attached hydrogens (tertiary/aromatic N) is 3. The average Bonchev–Trinajstić information content (AvgIpc) is 2.86. The van der Waals surface area contributed by atoms with E-state index in [1.165, 1.54) is 0 Å². The van der Waals surface area contributed by atoms with Crippen molar-refractivity contribution in [2.45, 2.75) is 39.2 Å². The first-order chi connectivity index (χ1) is 8.56. The zero-order chi connectivity index (χ0) is 13.3. The van der Waals surface area contributed by atoms with E-state index in [4.69, 9.17) is 5.73 Å². The minimum atomic E-state index is 0.119. The van der Waals surface area contributed by atoms with Crippen LogP contribution in [0.25, 0.3) is 0 Å². The van der Waals surface area contributed by atoms with Gasteiger partial charge in [-0.25, -0.2) is 0 Å². The molecule has 1 aliphatic heterocycles. The molecule has 0 saturated carbocycles. The van der Waals surface area contributed by atoms with E-state index in [-0.39, 0.29) is 5.91 Å². The van der Waals surface area contributed by atoms with Gasteiger partial charge in [0.15, 0.2) is 0 Å². The minimum Gasteiger partial charge on any atom is -0.336 e. The lowest BCUT2D eigenvalue weighted by atomic mass is 10.1. The van der Waals surface area contributed by atoms with Gasteiger partial charge in [-0.2, -0.15) is 5.10 Å². The molecule has 1 saturated heterocycles. The molecule has 2 rings (SSSR count). The Morgan fingerprint density at radius 3 is 2.78 bits per heavy atom. The van der Waals surface area contributed by atoms with Crippen LogP contribution in [0.15, 0.2) is 0 Å². The van der Waals surface area contributed by atoms with Crippen LogP contribution in [0.1, 0.15) is 41.0 Å². The number of hydrogen-bond acceptors (Lipinski definition) is 3. The van der Waals surface area contributed by atoms with Crippen LogP contribution in [0, 0.1) is 13.8 Å². The molecule has 0 aromatic carbocycles. The van der Waals surface area contributed by atoms with Gasteiger partial charge >= 0.3 is 0 Å². The first kappa shape index (κ1) is 13.1. The van der Waals surface area contributed by atoms with Gasteiger partial charge in [0.05, 0.1) is 11.3 Å². The van der Waals surface area contributed by atoms with E-state index in [1.807, 2.05) is 25.8 Å². The van der Waals surface area contributed by atoms with E-state index in [1.54, 1.807) is 4.68 Å². The van der Waals surface area contributed by atoms with E-state index in [2.05, 4.69) is 5.10 Å². The van der Waals surface area contributed by atoms with Crippen LogP contribution in [0.5, 0.6) is 0 Å². The fourth-order valence-corrected chi connectivity index (χ4v) is 2.82. The van der Waals surface area contributed by atoms with Crippen LogP contribution in [0.2, 0.25) is 0 Å². The first-order valence-corrected chi connectivity index (χ1v) is 6.57. The molecule has 1 amide bonds. The lowest BCUT2D eigenvalue weighted by Gasteiger charge is -2.24. The van der Waals surface area contributed by atoms with Crippen molar-refractivity contribution < 1.29 is 4.79 Å². The SMILES string of the molecule is Cc1nn(C)c(C)c1C(=O)N1CCCC1CCN. The predicted octanol–water partition coefficient (Wildman–Crippen LogP) is 0.990. The number of carbonyl (C=O) groups is 1. The Kier molecular flexibility index (Phi) is 3.71. The molecule has 1 aromatic heterocycles. The number of rotatable bonds is 3. The summed E-state index contributed by atoms with van der Waals surface area (Å²) in [4.78, 5) is 14.6. The smallest absolute Gasteiger partial charge is 0.257 e. The summed E-state index contributed by atoms with van der Waals surface area (Å²) in [5.41, 5.74) is 8.14. The quantitative estimate of drug-likeness (QED) is 0.870. The lowest BCUT2D eigenvalue weighted by molar-refractivity contribution is 0.0730. The number of nitrogens with two attached hydrogens (primary N) is 1. The van der Waals surface area contributed by atoms with Gasteiger partial charge in [-0.15, -0.1) is 0 Å². The Hall–Kier alpha value is -1.36. The van der Waals surface area contributed by atoms with E-state index in [0.717, 1.165) is 42.8 Å². The normalized spacial score (nSPS) is 19.6. The Morgan fingerprint density at radius 1 is 1.50 bits per heavy atom. The molecule has 1 atom stereocenters. The van der Waals surface area contributed by atoms with E-state index in [0.29, 0.717) is 12.6 Å². The molecule has 1 fully saturated rings. The molecule has 5 heteroatoms. The van der Waals surface area contributed by atoms with Crippen molar-refractivity contribution in [1.82, 2.24) is 14.7 Å². The van der Waals surface area contributed by atoms with Crippen LogP contribution in [-0.4, -0.2) is 39.7 Å². The molecule has 0 bridgehead atoms. The van der Waals surface area contributed by atoms with Crippen molar-refractivity contribution in [3.05, 3.63) is 17.0 Å². The van der Waals surface area contributed by atoms with E-state index < -0.39 is 0 Å². The fraction of sp³-hybridized carbons (Fsp3) is 0.692. The van der Waals surface area contributed by atoms with Gasteiger partial charge in [0.25, 0.3) is 5.91 Å². The van der Waals surface area contributed by atoms with Crippen molar-refractivity contribution in [2.75, 3.05) is 13.1 Å². The highest BCUT2D eigenvalue weighted by Gasteiger charge is 2.31. The standard InChI is InChI=1S/C13H22N4O/c1-9-12(10(2)16(3)15-9)13(18)17-8-4-5-11(17)6-7-14/h11H,4-8,14H2,1-3H3. The summed E-state index contributed by atoms with van der Waals surface area (Å²) in [6.07, 6.45) is 3.04. The molecule has 1 unspecified atom stereocenters. The Labute approximate surface area is 108 Å². The minimum absolute atomic E-state index is 0.119. The highest BCUT2D eigenvalue weighted by atomic mass is 16.2. The molecule has 2 N–H and O–H groups in total. The maximum atomic E-state index is 12.6. The summed E-state index contributed by atoms with van der Waals surface area (Å²) in [6.45, 7) is 5.33. The second-order valence-electron chi connectivity index (χ2n) is 5.04. The van der Waals surface area contributed by atoms with Crippen molar-refractivity contribution in [3.8, 4) is 0 Å². The molecule has 2 heterocycles. The topological polar surface area (TPSA) is 64.2 Å². The number of carbonyl (C=O) groups excluding carboxylic acids is 1. The summed E-state index contributed by atoms with van der Waals surface area (Å²) in [5.74, 6) is 0.119. The third-order valence-electron chi connectivity index (χ3n) is 3.86. The number of likely N-dealkylation sites (tertiary alicyclic amines) is 1. The van der Waals surface area contributed by atoms with Gasteiger partial charge in [-0.05, 0) is 39.7 Å². The molecule has 100 valence electrons. The Bertz CT molecular complexity index is 452. The number of amides is 1. The van der Waals surface area contributed by atoms with Crippen molar-refractivity contribution in [3.63, 3.8) is 0 Å². The third kappa shape index (κ3) is 2.14. The van der Waals surface area contributed by atoms with Crippen molar-refractivity contribution in [1.29, 1.82) is 0 Å². The molecule has 1 aromatic rings. The molecule has 1 aliphatic rings. The Morgan fingerprint density at radius 2 is 2.22 bits per heavy atom. The van der Waals surface area contributed by atoms with Gasteiger partial charge in [0.1, 0.15) is 0 Å². The summed E-state index contributed by atoms with van der Waals surface area (Å²) in [6, 6.07) is 0.307. The maximum Gasteiger partial charge on any atom is 0.257 e. The summed E-state index contributed by atoms with van der Waals surface area (Å²) in [5, 5.41) is 4.32. The van der Waals surface area contributed by atoms with E-state index in [9.17, 15) is 4.79 Å². The highest BCUT2D eigenvalue weighted by Crippen LogP contribution is 2.24.